The van der Waals surface area contributed by atoms with E-state index in [-0.39, 0.29) is 30.6 Å². The zero-order valence-corrected chi connectivity index (χ0v) is 17.4. The molecule has 0 aliphatic heterocycles. The first-order chi connectivity index (χ1) is 15.5. The van der Waals surface area contributed by atoms with E-state index < -0.39 is 5.23 Å². The minimum atomic E-state index is -1.05. The third-order valence-electron chi connectivity index (χ3n) is 5.39. The van der Waals surface area contributed by atoms with Gasteiger partial charge in [0.2, 0.25) is 0 Å². The predicted molar refractivity (Wildman–Crippen MR) is 119 cm³/mol. The van der Waals surface area contributed by atoms with Crippen molar-refractivity contribution in [3.8, 4) is 0 Å². The van der Waals surface area contributed by atoms with Crippen molar-refractivity contribution in [3.63, 3.8) is 0 Å². The monoisotopic (exact) mass is 430 g/mol. The zero-order valence-electron chi connectivity index (χ0n) is 17.4. The Hall–Kier alpha value is -3.78. The molecule has 2 N–H and O–H groups in total. The molecule has 1 atom stereocenters. The number of carbonyl (C=O) groups is 2. The van der Waals surface area contributed by atoms with Crippen LogP contribution in [0.15, 0.2) is 78.9 Å². The lowest BCUT2D eigenvalue weighted by Gasteiger charge is -2.12. The molecule has 162 valence electrons. The number of ether oxygens (including phenoxy) is 1. The Morgan fingerprint density at radius 2 is 1.62 bits per heavy atom. The normalized spacial score (nSPS) is 12.0. The van der Waals surface area contributed by atoms with Crippen molar-refractivity contribution in [1.29, 1.82) is 0 Å². The number of benzene rings is 3. The number of carbonyl (C=O) groups excluding carboxylic acids is 2. The summed E-state index contributed by atoms with van der Waals surface area (Å²) < 4.78 is 7.00. The Bertz CT molecular complexity index is 1260. The molecular weight excluding hydrogens is 408 g/mol. The summed E-state index contributed by atoms with van der Waals surface area (Å²) >= 11 is 0. The molecule has 4 aromatic rings. The molecule has 0 amide bonds. The highest BCUT2D eigenvalue weighted by atomic mass is 16.8. The summed E-state index contributed by atoms with van der Waals surface area (Å²) in [7, 11) is 0. The van der Waals surface area contributed by atoms with E-state index in [9.17, 15) is 14.8 Å². The molecule has 1 heterocycles. The zero-order chi connectivity index (χ0) is 22.7. The van der Waals surface area contributed by atoms with Gasteiger partial charge in [-0.15, -0.1) is 0 Å². The van der Waals surface area contributed by atoms with E-state index in [1.54, 1.807) is 11.5 Å². The van der Waals surface area contributed by atoms with Gasteiger partial charge in [0.05, 0.1) is 11.9 Å². The highest BCUT2D eigenvalue weighted by molar-refractivity contribution is 6.04. The summed E-state index contributed by atoms with van der Waals surface area (Å²) in [4.78, 5) is 25.8. The Labute approximate surface area is 184 Å². The maximum absolute atomic E-state index is 13.3. The second-order valence-corrected chi connectivity index (χ2v) is 7.43. The Balaban J connectivity index is 1.63. The van der Waals surface area contributed by atoms with Gasteiger partial charge < -0.3 is 9.94 Å². The van der Waals surface area contributed by atoms with Gasteiger partial charge in [-0.2, -0.15) is 5.23 Å². The van der Waals surface area contributed by atoms with Crippen molar-refractivity contribution in [1.82, 2.24) is 4.57 Å². The maximum Gasteiger partial charge on any atom is 0.310 e. The standard InChI is InChI=1S/C25H22N2O5/c1-17-22(15-24(28)32-16-18-7-3-2-4-8-18)21-9-5-6-10-23(21)26(17)25(29)19-11-13-20(14-12-19)27(30)31/h2-14,27,30H,15-16H2,1H3. The lowest BCUT2D eigenvalue weighted by atomic mass is 10.1. The van der Waals surface area contributed by atoms with Crippen LogP contribution < -0.4 is 5.23 Å². The van der Waals surface area contributed by atoms with Crippen LogP contribution in [0, 0.1) is 12.1 Å². The molecule has 7 heteroatoms. The number of nitrogens with one attached hydrogen (secondary N) is 1. The smallest absolute Gasteiger partial charge is 0.310 e. The van der Waals surface area contributed by atoms with Crippen molar-refractivity contribution < 1.29 is 24.8 Å². The number of hydrogen-bond acceptors (Lipinski definition) is 5. The van der Waals surface area contributed by atoms with Gasteiger partial charge in [-0.1, -0.05) is 48.5 Å². The van der Waals surface area contributed by atoms with Crippen LogP contribution >= 0.6 is 0 Å². The summed E-state index contributed by atoms with van der Waals surface area (Å²) in [6.07, 6.45) is 0.0391. The minimum Gasteiger partial charge on any atom is -0.595 e. The Morgan fingerprint density at radius 1 is 0.969 bits per heavy atom. The van der Waals surface area contributed by atoms with Crippen molar-refractivity contribution in [2.75, 3.05) is 0 Å². The molecule has 0 fully saturated rings. The average molecular weight is 430 g/mol. The summed E-state index contributed by atoms with van der Waals surface area (Å²) in [5, 5.41) is 19.9. The van der Waals surface area contributed by atoms with E-state index >= 15 is 0 Å². The average Bonchev–Trinajstić information content (AvgIpc) is 3.09. The molecule has 3 aromatic carbocycles. The van der Waals surface area contributed by atoms with Crippen LogP contribution in [0.2, 0.25) is 0 Å². The van der Waals surface area contributed by atoms with Gasteiger partial charge in [-0.3, -0.25) is 14.2 Å². The third-order valence-corrected chi connectivity index (χ3v) is 5.39. The van der Waals surface area contributed by atoms with Gasteiger partial charge >= 0.3 is 5.97 Å². The van der Waals surface area contributed by atoms with Crippen LogP contribution in [0.1, 0.15) is 27.2 Å². The van der Waals surface area contributed by atoms with Crippen LogP contribution in [0.3, 0.4) is 0 Å². The summed E-state index contributed by atoms with van der Waals surface area (Å²) in [5.74, 6) is -0.669. The quantitative estimate of drug-likeness (QED) is 0.361. The molecule has 32 heavy (non-hydrogen) atoms. The Morgan fingerprint density at radius 3 is 2.31 bits per heavy atom. The lowest BCUT2D eigenvalue weighted by molar-refractivity contribution is -0.991. The molecule has 1 aromatic heterocycles. The number of para-hydroxylation sites is 1. The summed E-state index contributed by atoms with van der Waals surface area (Å²) in [5.41, 5.74) is 3.43. The van der Waals surface area contributed by atoms with Gasteiger partial charge in [0.15, 0.2) is 5.69 Å². The van der Waals surface area contributed by atoms with E-state index in [4.69, 9.17) is 9.94 Å². The molecular formula is C25H22N2O5. The molecule has 4 rings (SSSR count). The number of fused-ring (bicyclic) bond motifs is 1. The number of rotatable bonds is 6. The molecule has 0 saturated heterocycles. The van der Waals surface area contributed by atoms with E-state index in [2.05, 4.69) is 0 Å². The number of aromatic nitrogens is 1. The van der Waals surface area contributed by atoms with Crippen molar-refractivity contribution in [3.05, 3.63) is 106 Å². The van der Waals surface area contributed by atoms with Gasteiger partial charge in [-0.05, 0) is 36.2 Å². The lowest BCUT2D eigenvalue weighted by Crippen LogP contribution is -2.99. The van der Waals surface area contributed by atoms with Crippen molar-refractivity contribution in [2.24, 2.45) is 0 Å². The first-order valence-corrected chi connectivity index (χ1v) is 10.1. The number of nitrogens with zero attached hydrogens (tertiary/aromatic N) is 1. The fourth-order valence-corrected chi connectivity index (χ4v) is 3.74. The minimum absolute atomic E-state index is 0.0391. The predicted octanol–water partition coefficient (Wildman–Crippen LogP) is 3.33. The number of esters is 1. The van der Waals surface area contributed by atoms with Crippen LogP contribution in [0.25, 0.3) is 10.9 Å². The Kier molecular flexibility index (Phi) is 6.13. The topological polar surface area (TPSA) is 96.0 Å². The van der Waals surface area contributed by atoms with Crippen LogP contribution in [0.4, 0.5) is 5.69 Å². The molecule has 0 saturated carbocycles. The molecule has 7 nitrogen and oxygen atoms in total. The van der Waals surface area contributed by atoms with Crippen molar-refractivity contribution >= 4 is 28.5 Å². The molecule has 0 spiro atoms. The van der Waals surface area contributed by atoms with Gasteiger partial charge in [-0.25, -0.2) is 5.21 Å². The second-order valence-electron chi connectivity index (χ2n) is 7.43. The first-order valence-electron chi connectivity index (χ1n) is 10.1. The fraction of sp³-hybridized carbons (Fsp3) is 0.120. The van der Waals surface area contributed by atoms with E-state index in [0.717, 1.165) is 16.5 Å². The van der Waals surface area contributed by atoms with E-state index in [1.165, 1.54) is 24.3 Å². The molecule has 0 aliphatic carbocycles. The van der Waals surface area contributed by atoms with Crippen molar-refractivity contribution in [2.45, 2.75) is 20.0 Å². The van der Waals surface area contributed by atoms with Gasteiger partial charge in [0.1, 0.15) is 6.61 Å². The largest absolute Gasteiger partial charge is 0.595 e. The van der Waals surface area contributed by atoms with Crippen LogP contribution in [0.5, 0.6) is 0 Å². The highest BCUT2D eigenvalue weighted by Gasteiger charge is 2.22. The SMILES string of the molecule is Cc1c(CC(=O)OCc2ccccc2)c2ccccc2n1C(=O)c1ccc([NH+]([O-])O)cc1. The molecule has 0 aliphatic rings. The summed E-state index contributed by atoms with van der Waals surface area (Å²) in [6.45, 7) is 1.98. The van der Waals surface area contributed by atoms with Crippen LogP contribution in [-0.2, 0) is 22.6 Å². The van der Waals surface area contributed by atoms with Gasteiger partial charge in [0.25, 0.3) is 5.91 Å². The van der Waals surface area contributed by atoms with E-state index in [0.29, 0.717) is 16.8 Å². The fourth-order valence-electron chi connectivity index (χ4n) is 3.74. The molecule has 0 bridgehead atoms. The second kappa shape index (κ2) is 9.15. The van der Waals surface area contributed by atoms with E-state index in [1.807, 2.05) is 54.6 Å². The number of quaternary nitrogens is 1. The number of hydrogen-bond donors (Lipinski definition) is 2. The van der Waals surface area contributed by atoms with Crippen LogP contribution in [-0.4, -0.2) is 21.7 Å². The first kappa shape index (κ1) is 21.5. The highest BCUT2D eigenvalue weighted by Crippen LogP contribution is 2.28. The summed E-state index contributed by atoms with van der Waals surface area (Å²) in [6, 6.07) is 22.6. The van der Waals surface area contributed by atoms with Gasteiger partial charge in [0, 0.05) is 28.8 Å². The molecule has 1 unspecified atom stereocenters. The third kappa shape index (κ3) is 4.31. The molecule has 0 radical (unpaired) electrons. The maximum atomic E-state index is 13.3.